The molecule has 2 aromatic rings. The van der Waals surface area contributed by atoms with Crippen molar-refractivity contribution in [2.45, 2.75) is 32.1 Å². The molecular weight excluding hydrogens is 384 g/mol. The standard InChI is InChI=1S/C26H30N4O/c31-26(21-8-9-21)30-15-3-14-29(16-17-30)24-10-6-20(7-11-24)18-22-4-2-13-28-25(22)23-5-1-12-27-19-23/h1,5-7,10-12,18-19,21H,2-4,8-9,13-17H2/b22-18+. The van der Waals surface area contributed by atoms with Crippen LogP contribution in [-0.4, -0.2) is 54.2 Å². The molecule has 1 saturated heterocycles. The third-order valence-electron chi connectivity index (χ3n) is 6.45. The average Bonchev–Trinajstić information content (AvgIpc) is 3.68. The number of hydrogen-bond acceptors (Lipinski definition) is 4. The Bertz CT molecular complexity index is 976. The van der Waals surface area contributed by atoms with E-state index in [-0.39, 0.29) is 0 Å². The maximum absolute atomic E-state index is 12.4. The van der Waals surface area contributed by atoms with E-state index in [0.717, 1.165) is 76.1 Å². The molecule has 160 valence electrons. The third kappa shape index (κ3) is 4.71. The van der Waals surface area contributed by atoms with Crippen LogP contribution in [0.5, 0.6) is 0 Å². The summed E-state index contributed by atoms with van der Waals surface area (Å²) in [6.07, 6.45) is 11.3. The Morgan fingerprint density at radius 2 is 1.87 bits per heavy atom. The first kappa shape index (κ1) is 20.0. The van der Waals surface area contributed by atoms with Crippen molar-refractivity contribution in [3.63, 3.8) is 0 Å². The van der Waals surface area contributed by atoms with Crippen molar-refractivity contribution >= 4 is 23.4 Å². The molecule has 1 aromatic heterocycles. The summed E-state index contributed by atoms with van der Waals surface area (Å²) in [5, 5.41) is 0. The number of hydrogen-bond donors (Lipinski definition) is 0. The Morgan fingerprint density at radius 3 is 2.65 bits per heavy atom. The molecule has 3 heterocycles. The number of aromatic nitrogens is 1. The van der Waals surface area contributed by atoms with Gasteiger partial charge in [-0.25, -0.2) is 0 Å². The first-order valence-electron chi connectivity index (χ1n) is 11.6. The lowest BCUT2D eigenvalue weighted by Gasteiger charge is -2.24. The van der Waals surface area contributed by atoms with Crippen LogP contribution in [0.2, 0.25) is 0 Å². The Labute approximate surface area is 184 Å². The Kier molecular flexibility index (Phi) is 5.83. The molecule has 2 fully saturated rings. The molecule has 5 nitrogen and oxygen atoms in total. The van der Waals surface area contributed by atoms with Crippen LogP contribution in [0, 0.1) is 5.92 Å². The van der Waals surface area contributed by atoms with E-state index in [9.17, 15) is 4.79 Å². The fourth-order valence-corrected chi connectivity index (χ4v) is 4.57. The SMILES string of the molecule is O=C(C1CC1)N1CCCN(c2ccc(/C=C3\CCCN=C3c3cccnc3)cc2)CC1. The number of nitrogens with zero attached hydrogens (tertiary/aromatic N) is 4. The highest BCUT2D eigenvalue weighted by molar-refractivity contribution is 6.15. The molecule has 31 heavy (non-hydrogen) atoms. The number of benzene rings is 1. The lowest BCUT2D eigenvalue weighted by molar-refractivity contribution is -0.132. The lowest BCUT2D eigenvalue weighted by Crippen LogP contribution is -2.36. The van der Waals surface area contributed by atoms with Gasteiger partial charge in [0.2, 0.25) is 5.91 Å². The Hall–Kier alpha value is -2.95. The molecule has 1 saturated carbocycles. The van der Waals surface area contributed by atoms with Gasteiger partial charge in [0.1, 0.15) is 0 Å². The summed E-state index contributed by atoms with van der Waals surface area (Å²) in [5.41, 5.74) is 5.91. The van der Waals surface area contributed by atoms with Gasteiger partial charge >= 0.3 is 0 Å². The topological polar surface area (TPSA) is 48.8 Å². The van der Waals surface area contributed by atoms with Crippen LogP contribution in [0.4, 0.5) is 5.69 Å². The van der Waals surface area contributed by atoms with Gasteiger partial charge < -0.3 is 9.80 Å². The van der Waals surface area contributed by atoms with E-state index in [2.05, 4.69) is 51.2 Å². The van der Waals surface area contributed by atoms with Crippen molar-refractivity contribution in [2.75, 3.05) is 37.6 Å². The van der Waals surface area contributed by atoms with Crippen molar-refractivity contribution in [3.05, 3.63) is 65.5 Å². The van der Waals surface area contributed by atoms with Gasteiger partial charge in [-0.15, -0.1) is 0 Å². The number of pyridine rings is 1. The van der Waals surface area contributed by atoms with Crippen molar-refractivity contribution in [1.82, 2.24) is 9.88 Å². The average molecular weight is 415 g/mol. The minimum absolute atomic E-state index is 0.318. The van der Waals surface area contributed by atoms with E-state index in [0.29, 0.717) is 11.8 Å². The fourth-order valence-electron chi connectivity index (χ4n) is 4.57. The summed E-state index contributed by atoms with van der Waals surface area (Å²) in [6.45, 7) is 4.54. The minimum atomic E-state index is 0.318. The molecule has 5 rings (SSSR count). The van der Waals surface area contributed by atoms with E-state index < -0.39 is 0 Å². The molecule has 0 atom stereocenters. The molecule has 2 aliphatic heterocycles. The van der Waals surface area contributed by atoms with Crippen molar-refractivity contribution in [2.24, 2.45) is 10.9 Å². The number of carbonyl (C=O) groups excluding carboxylic acids is 1. The first-order chi connectivity index (χ1) is 15.3. The van der Waals surface area contributed by atoms with E-state index in [4.69, 9.17) is 4.99 Å². The van der Waals surface area contributed by atoms with Gasteiger partial charge in [-0.2, -0.15) is 0 Å². The van der Waals surface area contributed by atoms with Crippen molar-refractivity contribution in [1.29, 1.82) is 0 Å². The van der Waals surface area contributed by atoms with Gasteiger partial charge in [-0.3, -0.25) is 14.8 Å². The molecule has 0 unspecified atom stereocenters. The minimum Gasteiger partial charge on any atom is -0.370 e. The second kappa shape index (κ2) is 9.04. The third-order valence-corrected chi connectivity index (χ3v) is 6.45. The number of amides is 1. The molecule has 5 heteroatoms. The molecule has 1 aliphatic carbocycles. The van der Waals surface area contributed by atoms with Crippen LogP contribution in [0.25, 0.3) is 6.08 Å². The van der Waals surface area contributed by atoms with Gasteiger partial charge in [0, 0.05) is 62.3 Å². The molecule has 0 bridgehead atoms. The van der Waals surface area contributed by atoms with Crippen molar-refractivity contribution < 1.29 is 4.79 Å². The number of carbonyl (C=O) groups is 1. The van der Waals surface area contributed by atoms with E-state index >= 15 is 0 Å². The number of anilines is 1. The molecule has 3 aliphatic rings. The Balaban J connectivity index is 1.28. The molecule has 0 N–H and O–H groups in total. The van der Waals surface area contributed by atoms with Crippen LogP contribution in [0.3, 0.4) is 0 Å². The maximum atomic E-state index is 12.4. The highest BCUT2D eigenvalue weighted by Gasteiger charge is 2.33. The highest BCUT2D eigenvalue weighted by Crippen LogP contribution is 2.31. The number of aliphatic imine (C=N–C) groups is 1. The second-order valence-electron chi connectivity index (χ2n) is 8.78. The summed E-state index contributed by atoms with van der Waals surface area (Å²) < 4.78 is 0. The van der Waals surface area contributed by atoms with Crippen LogP contribution < -0.4 is 4.90 Å². The maximum Gasteiger partial charge on any atom is 0.225 e. The second-order valence-corrected chi connectivity index (χ2v) is 8.78. The summed E-state index contributed by atoms with van der Waals surface area (Å²) >= 11 is 0. The normalized spacial score (nSPS) is 21.0. The highest BCUT2D eigenvalue weighted by atomic mass is 16.2. The van der Waals surface area contributed by atoms with Gasteiger partial charge in [-0.05, 0) is 73.6 Å². The summed E-state index contributed by atoms with van der Waals surface area (Å²) in [5.74, 6) is 0.696. The zero-order chi connectivity index (χ0) is 21.0. The zero-order valence-corrected chi connectivity index (χ0v) is 18.0. The quantitative estimate of drug-likeness (QED) is 0.754. The van der Waals surface area contributed by atoms with Crippen LogP contribution in [0.15, 0.2) is 59.4 Å². The molecule has 1 aromatic carbocycles. The predicted octanol–water partition coefficient (Wildman–Crippen LogP) is 4.20. The first-order valence-corrected chi connectivity index (χ1v) is 11.6. The van der Waals surface area contributed by atoms with Gasteiger partial charge in [0.15, 0.2) is 0 Å². The molecule has 0 radical (unpaired) electrons. The van der Waals surface area contributed by atoms with E-state index in [1.807, 2.05) is 12.3 Å². The number of rotatable bonds is 4. The largest absolute Gasteiger partial charge is 0.370 e. The van der Waals surface area contributed by atoms with E-state index in [1.54, 1.807) is 6.20 Å². The number of allylic oxidation sites excluding steroid dienone is 1. The monoisotopic (exact) mass is 414 g/mol. The van der Waals surface area contributed by atoms with Crippen LogP contribution in [-0.2, 0) is 4.79 Å². The van der Waals surface area contributed by atoms with Gasteiger partial charge in [0.05, 0.1) is 5.71 Å². The molecule has 0 spiro atoms. The van der Waals surface area contributed by atoms with Crippen LogP contribution in [0.1, 0.15) is 43.2 Å². The van der Waals surface area contributed by atoms with Crippen LogP contribution >= 0.6 is 0 Å². The van der Waals surface area contributed by atoms with Gasteiger partial charge in [-0.1, -0.05) is 12.1 Å². The summed E-state index contributed by atoms with van der Waals surface area (Å²) in [6, 6.07) is 12.9. The smallest absolute Gasteiger partial charge is 0.225 e. The van der Waals surface area contributed by atoms with E-state index in [1.165, 1.54) is 16.8 Å². The molecular formula is C26H30N4O. The Morgan fingerprint density at radius 1 is 1.00 bits per heavy atom. The zero-order valence-electron chi connectivity index (χ0n) is 18.0. The van der Waals surface area contributed by atoms with Crippen molar-refractivity contribution in [3.8, 4) is 0 Å². The summed E-state index contributed by atoms with van der Waals surface area (Å²) in [4.78, 5) is 26.0. The fraction of sp³-hybridized carbons (Fsp3) is 0.423. The molecule has 1 amide bonds. The predicted molar refractivity (Wildman–Crippen MR) is 125 cm³/mol. The summed E-state index contributed by atoms with van der Waals surface area (Å²) in [7, 11) is 0. The van der Waals surface area contributed by atoms with Gasteiger partial charge in [0.25, 0.3) is 0 Å². The lowest BCUT2D eigenvalue weighted by atomic mass is 9.95.